The van der Waals surface area contributed by atoms with Crippen molar-refractivity contribution in [1.82, 2.24) is 0 Å². The Morgan fingerprint density at radius 2 is 2.15 bits per heavy atom. The van der Waals surface area contributed by atoms with E-state index in [0.29, 0.717) is 18.8 Å². The lowest BCUT2D eigenvalue weighted by molar-refractivity contribution is -0.385. The van der Waals surface area contributed by atoms with Gasteiger partial charge in [-0.25, -0.2) is 4.79 Å². The number of carboxylic acids is 1. The number of carbonyl (C=O) groups is 1. The molecule has 0 amide bonds. The van der Waals surface area contributed by atoms with Gasteiger partial charge in [-0.2, -0.15) is 0 Å². The summed E-state index contributed by atoms with van der Waals surface area (Å²) in [5.74, 6) is -1.31. The highest BCUT2D eigenvalue weighted by molar-refractivity contribution is 5.93. The number of nitrogens with zero attached hydrogens (tertiary/aromatic N) is 2. The number of anilines is 1. The number of benzene rings is 1. The molecule has 7 heteroatoms. The van der Waals surface area contributed by atoms with E-state index in [4.69, 9.17) is 9.84 Å². The molecular formula is C13H18N2O5. The lowest BCUT2D eigenvalue weighted by atomic mass is 10.1. The minimum absolute atomic E-state index is 0.112. The molecule has 1 aromatic carbocycles. The van der Waals surface area contributed by atoms with Crippen molar-refractivity contribution in [2.45, 2.75) is 19.9 Å². The van der Waals surface area contributed by atoms with Crippen LogP contribution in [0.4, 0.5) is 11.4 Å². The minimum atomic E-state index is -1.31. The van der Waals surface area contributed by atoms with Crippen LogP contribution in [-0.2, 0) is 4.74 Å². The van der Waals surface area contributed by atoms with E-state index in [0.717, 1.165) is 0 Å². The van der Waals surface area contributed by atoms with Crippen molar-refractivity contribution in [3.8, 4) is 0 Å². The molecule has 0 fully saturated rings. The third kappa shape index (κ3) is 3.67. The van der Waals surface area contributed by atoms with Crippen LogP contribution in [-0.4, -0.2) is 42.3 Å². The Balaban J connectivity index is 3.20. The fourth-order valence-corrected chi connectivity index (χ4v) is 1.91. The lowest BCUT2D eigenvalue weighted by Crippen LogP contribution is -2.33. The molecule has 0 aliphatic heterocycles. The second-order valence-corrected chi connectivity index (χ2v) is 4.54. The van der Waals surface area contributed by atoms with Crippen molar-refractivity contribution < 1.29 is 19.6 Å². The molecule has 0 aliphatic rings. The molecule has 0 spiro atoms. The quantitative estimate of drug-likeness (QED) is 0.608. The Kier molecular flexibility index (Phi) is 5.45. The van der Waals surface area contributed by atoms with Gasteiger partial charge in [0, 0.05) is 31.5 Å². The van der Waals surface area contributed by atoms with E-state index in [9.17, 15) is 14.9 Å². The van der Waals surface area contributed by atoms with Crippen LogP contribution in [0, 0.1) is 10.1 Å². The summed E-state index contributed by atoms with van der Waals surface area (Å²) in [4.78, 5) is 23.2. The molecule has 0 saturated heterocycles. The molecule has 0 atom stereocenters. The smallest absolute Gasteiger partial charge is 0.342 e. The Labute approximate surface area is 116 Å². The van der Waals surface area contributed by atoms with Gasteiger partial charge in [-0.15, -0.1) is 0 Å². The summed E-state index contributed by atoms with van der Waals surface area (Å²) in [5, 5.41) is 19.9. The van der Waals surface area contributed by atoms with Gasteiger partial charge in [0.05, 0.1) is 11.5 Å². The maximum absolute atomic E-state index is 11.0. The third-order valence-electron chi connectivity index (χ3n) is 2.90. The highest BCUT2D eigenvalue weighted by atomic mass is 16.6. The van der Waals surface area contributed by atoms with Crippen LogP contribution in [0.15, 0.2) is 18.2 Å². The summed E-state index contributed by atoms with van der Waals surface area (Å²) in [6, 6.07) is 4.24. The Morgan fingerprint density at radius 3 is 2.60 bits per heavy atom. The van der Waals surface area contributed by atoms with E-state index in [1.165, 1.54) is 12.1 Å². The Morgan fingerprint density at radius 1 is 1.50 bits per heavy atom. The number of rotatable bonds is 7. The predicted octanol–water partition coefficient (Wildman–Crippen LogP) is 2.15. The maximum Gasteiger partial charge on any atom is 0.342 e. The second kappa shape index (κ2) is 6.85. The van der Waals surface area contributed by atoms with E-state index in [2.05, 4.69) is 0 Å². The summed E-state index contributed by atoms with van der Waals surface area (Å²) in [5.41, 5.74) is -0.110. The zero-order chi connectivity index (χ0) is 15.3. The zero-order valence-corrected chi connectivity index (χ0v) is 11.7. The van der Waals surface area contributed by atoms with Gasteiger partial charge in [0.25, 0.3) is 5.69 Å². The second-order valence-electron chi connectivity index (χ2n) is 4.54. The summed E-state index contributed by atoms with van der Waals surface area (Å²) in [6.45, 7) is 4.95. The normalized spacial score (nSPS) is 10.6. The molecule has 7 nitrogen and oxygen atoms in total. The highest BCUT2D eigenvalue weighted by Gasteiger charge is 2.22. The van der Waals surface area contributed by atoms with Crippen molar-refractivity contribution in [3.05, 3.63) is 33.9 Å². The fraction of sp³-hybridized carbons (Fsp3) is 0.462. The molecule has 1 aromatic rings. The molecule has 0 radical (unpaired) electrons. The van der Waals surface area contributed by atoms with Gasteiger partial charge < -0.3 is 14.7 Å². The minimum Gasteiger partial charge on any atom is -0.477 e. The predicted molar refractivity (Wildman–Crippen MR) is 74.4 cm³/mol. The molecule has 0 aliphatic carbocycles. The van der Waals surface area contributed by atoms with Crippen LogP contribution in [0.3, 0.4) is 0 Å². The molecule has 1 rings (SSSR count). The van der Waals surface area contributed by atoms with Crippen LogP contribution in [0.1, 0.15) is 24.2 Å². The number of aromatic carboxylic acids is 1. The van der Waals surface area contributed by atoms with Crippen molar-refractivity contribution in [2.24, 2.45) is 0 Å². The van der Waals surface area contributed by atoms with Gasteiger partial charge in [-0.1, -0.05) is 0 Å². The first-order valence-corrected chi connectivity index (χ1v) is 6.15. The van der Waals surface area contributed by atoms with Crippen molar-refractivity contribution in [1.29, 1.82) is 0 Å². The van der Waals surface area contributed by atoms with E-state index < -0.39 is 16.6 Å². The van der Waals surface area contributed by atoms with Crippen LogP contribution in [0.25, 0.3) is 0 Å². The molecule has 0 heterocycles. The lowest BCUT2D eigenvalue weighted by Gasteiger charge is -2.28. The Hall–Kier alpha value is -2.15. The first-order chi connectivity index (χ1) is 9.38. The van der Waals surface area contributed by atoms with E-state index >= 15 is 0 Å². The summed E-state index contributed by atoms with van der Waals surface area (Å²) in [7, 11) is 1.58. The van der Waals surface area contributed by atoms with Gasteiger partial charge in [-0.05, 0) is 26.0 Å². The molecule has 1 N–H and O–H groups in total. The van der Waals surface area contributed by atoms with Gasteiger partial charge in [0.15, 0.2) is 0 Å². The fourth-order valence-electron chi connectivity index (χ4n) is 1.91. The number of hydrogen-bond acceptors (Lipinski definition) is 5. The summed E-state index contributed by atoms with van der Waals surface area (Å²) < 4.78 is 5.01. The van der Waals surface area contributed by atoms with E-state index in [-0.39, 0.29) is 11.6 Å². The van der Waals surface area contributed by atoms with Gasteiger partial charge >= 0.3 is 5.97 Å². The first-order valence-electron chi connectivity index (χ1n) is 6.15. The van der Waals surface area contributed by atoms with Gasteiger partial charge in [0.2, 0.25) is 0 Å². The number of carboxylic acid groups (broad SMARTS) is 1. The average Bonchev–Trinajstić information content (AvgIpc) is 2.38. The van der Waals surface area contributed by atoms with Gasteiger partial charge in [-0.3, -0.25) is 10.1 Å². The molecule has 0 saturated carbocycles. The van der Waals surface area contributed by atoms with Crippen molar-refractivity contribution in [2.75, 3.05) is 25.2 Å². The molecule has 20 heavy (non-hydrogen) atoms. The standard InChI is InChI=1S/C13H18N2O5/c1-9(2)14(6-7-20-3)10-4-5-11(13(16)17)12(8-10)15(18)19/h4-5,8-9H,6-7H2,1-3H3,(H,16,17). The SMILES string of the molecule is COCCN(c1ccc(C(=O)O)c([N+](=O)[O-])c1)C(C)C. The van der Waals surface area contributed by atoms with Gasteiger partial charge in [0.1, 0.15) is 5.56 Å². The van der Waals surface area contributed by atoms with Crippen molar-refractivity contribution in [3.63, 3.8) is 0 Å². The number of nitro benzene ring substituents is 1. The molecule has 0 aromatic heterocycles. The monoisotopic (exact) mass is 282 g/mol. The van der Waals surface area contributed by atoms with Crippen LogP contribution >= 0.6 is 0 Å². The highest BCUT2D eigenvalue weighted by Crippen LogP contribution is 2.26. The summed E-state index contributed by atoms with van der Waals surface area (Å²) >= 11 is 0. The number of hydrogen-bond donors (Lipinski definition) is 1. The van der Waals surface area contributed by atoms with E-state index in [1.807, 2.05) is 18.7 Å². The first kappa shape index (κ1) is 15.9. The number of nitro groups is 1. The molecule has 0 unspecified atom stereocenters. The van der Waals surface area contributed by atoms with Crippen molar-refractivity contribution >= 4 is 17.3 Å². The number of ether oxygens (including phenoxy) is 1. The third-order valence-corrected chi connectivity index (χ3v) is 2.90. The molecule has 0 bridgehead atoms. The molecule has 110 valence electrons. The molecular weight excluding hydrogens is 264 g/mol. The number of methoxy groups -OCH3 is 1. The Bertz CT molecular complexity index is 502. The largest absolute Gasteiger partial charge is 0.477 e. The average molecular weight is 282 g/mol. The van der Waals surface area contributed by atoms with Crippen LogP contribution in [0.5, 0.6) is 0 Å². The maximum atomic E-state index is 11.0. The summed E-state index contributed by atoms with van der Waals surface area (Å²) in [6.07, 6.45) is 0. The van der Waals surface area contributed by atoms with E-state index in [1.54, 1.807) is 13.2 Å². The van der Waals surface area contributed by atoms with Crippen LogP contribution in [0.2, 0.25) is 0 Å². The van der Waals surface area contributed by atoms with Crippen LogP contribution < -0.4 is 4.90 Å². The topological polar surface area (TPSA) is 92.9 Å². The zero-order valence-electron chi connectivity index (χ0n) is 11.7.